The molecule has 0 aliphatic rings. The van der Waals surface area contributed by atoms with Gasteiger partial charge in [0.2, 0.25) is 0 Å². The van der Waals surface area contributed by atoms with Crippen molar-refractivity contribution in [2.24, 2.45) is 0 Å². The van der Waals surface area contributed by atoms with Crippen LogP contribution in [-0.2, 0) is 10.0 Å². The quantitative estimate of drug-likeness (QED) is 0.919. The Morgan fingerprint density at radius 1 is 1.43 bits per heavy atom. The van der Waals surface area contributed by atoms with E-state index in [1.165, 1.54) is 0 Å². The Kier molecular flexibility index (Phi) is 3.76. The molecule has 1 heterocycles. The Balaban J connectivity index is 3.10. The third-order valence-corrected chi connectivity index (χ3v) is 4.99. The van der Waals surface area contributed by atoms with Gasteiger partial charge in [-0.2, -0.15) is 0 Å². The maximum atomic E-state index is 11.6. The molecule has 0 saturated carbocycles. The van der Waals surface area contributed by atoms with E-state index in [2.05, 4.69) is 9.71 Å². The summed E-state index contributed by atoms with van der Waals surface area (Å²) in [5, 5.41) is -0.0897. The van der Waals surface area contributed by atoms with Crippen molar-refractivity contribution in [1.82, 2.24) is 9.71 Å². The monoisotopic (exact) mass is 274 g/mol. The number of hydrogen-bond donors (Lipinski definition) is 1. The van der Waals surface area contributed by atoms with Crippen LogP contribution < -0.4 is 4.72 Å². The molecule has 8 heteroatoms. The molecule has 1 aromatic heterocycles. The lowest BCUT2D eigenvalue weighted by Gasteiger charge is -2.06. The maximum Gasteiger partial charge on any atom is 0.253 e. The highest BCUT2D eigenvalue weighted by molar-refractivity contribution is 7.91. The van der Waals surface area contributed by atoms with Gasteiger partial charge in [0, 0.05) is 6.04 Å². The van der Waals surface area contributed by atoms with Gasteiger partial charge in [-0.15, -0.1) is 0 Å². The fourth-order valence-electron chi connectivity index (χ4n) is 0.794. The van der Waals surface area contributed by atoms with Crippen LogP contribution in [0.15, 0.2) is 4.21 Å². The second-order valence-corrected chi connectivity index (χ2v) is 6.67. The summed E-state index contributed by atoms with van der Waals surface area (Å²) in [5.41, 5.74) is 0. The zero-order chi connectivity index (χ0) is 10.9. The van der Waals surface area contributed by atoms with Gasteiger partial charge in [-0.05, 0) is 13.8 Å². The number of sulfonamides is 1. The van der Waals surface area contributed by atoms with Crippen LogP contribution in [0.5, 0.6) is 0 Å². The van der Waals surface area contributed by atoms with Crippen molar-refractivity contribution < 1.29 is 8.42 Å². The van der Waals surface area contributed by atoms with E-state index in [1.54, 1.807) is 13.8 Å². The second kappa shape index (κ2) is 4.32. The van der Waals surface area contributed by atoms with E-state index in [9.17, 15) is 8.42 Å². The molecule has 0 aliphatic carbocycles. The number of halogens is 2. The van der Waals surface area contributed by atoms with Gasteiger partial charge in [0.15, 0.2) is 13.8 Å². The van der Waals surface area contributed by atoms with E-state index in [4.69, 9.17) is 23.2 Å². The summed E-state index contributed by atoms with van der Waals surface area (Å²) in [7, 11) is -3.58. The lowest BCUT2D eigenvalue weighted by atomic mass is 10.4. The van der Waals surface area contributed by atoms with Crippen molar-refractivity contribution >= 4 is 44.6 Å². The summed E-state index contributed by atoms with van der Waals surface area (Å²) in [6, 6.07) is -0.197. The van der Waals surface area contributed by atoms with Crippen LogP contribution in [0.25, 0.3) is 0 Å². The fraction of sp³-hybridized carbons (Fsp3) is 0.500. The molecule has 1 N–H and O–H groups in total. The van der Waals surface area contributed by atoms with Crippen molar-refractivity contribution in [2.75, 3.05) is 0 Å². The van der Waals surface area contributed by atoms with Crippen LogP contribution in [0.2, 0.25) is 9.62 Å². The van der Waals surface area contributed by atoms with Crippen LogP contribution in [0.4, 0.5) is 0 Å². The highest BCUT2D eigenvalue weighted by Gasteiger charge is 2.23. The minimum absolute atomic E-state index is 0.0436. The van der Waals surface area contributed by atoms with Crippen LogP contribution in [0.1, 0.15) is 13.8 Å². The van der Waals surface area contributed by atoms with E-state index < -0.39 is 10.0 Å². The predicted molar refractivity (Wildman–Crippen MR) is 57.6 cm³/mol. The van der Waals surface area contributed by atoms with Gasteiger partial charge < -0.3 is 0 Å². The molecule has 1 aromatic rings. The van der Waals surface area contributed by atoms with E-state index in [-0.39, 0.29) is 19.9 Å². The number of thiazole rings is 1. The number of aromatic nitrogens is 1. The van der Waals surface area contributed by atoms with Crippen molar-refractivity contribution in [3.05, 3.63) is 9.62 Å². The zero-order valence-corrected chi connectivity index (χ0v) is 10.6. The summed E-state index contributed by atoms with van der Waals surface area (Å²) >= 11 is 12.0. The summed E-state index contributed by atoms with van der Waals surface area (Å²) in [5.74, 6) is 0. The van der Waals surface area contributed by atoms with Crippen molar-refractivity contribution in [1.29, 1.82) is 0 Å². The summed E-state index contributed by atoms with van der Waals surface area (Å²) in [6.45, 7) is 3.43. The average Bonchev–Trinajstić information content (AvgIpc) is 2.27. The molecule has 0 fully saturated rings. The molecular formula is C6H8Cl2N2O2S2. The minimum atomic E-state index is -3.58. The average molecular weight is 275 g/mol. The Hall–Kier alpha value is 0.120. The van der Waals surface area contributed by atoms with E-state index >= 15 is 0 Å². The van der Waals surface area contributed by atoms with Gasteiger partial charge in [-0.1, -0.05) is 34.5 Å². The molecule has 1 rings (SSSR count). The highest BCUT2D eigenvalue weighted by atomic mass is 35.5. The lowest BCUT2D eigenvalue weighted by molar-refractivity contribution is 0.572. The summed E-state index contributed by atoms with van der Waals surface area (Å²) < 4.78 is 25.6. The third kappa shape index (κ3) is 2.80. The molecule has 4 nitrogen and oxygen atoms in total. The molecule has 0 amide bonds. The zero-order valence-electron chi connectivity index (χ0n) is 7.41. The SMILES string of the molecule is CC(C)NS(=O)(=O)c1sc(Cl)nc1Cl. The van der Waals surface area contributed by atoms with Crippen LogP contribution in [0.3, 0.4) is 0 Å². The highest BCUT2D eigenvalue weighted by Crippen LogP contribution is 2.30. The molecule has 0 aromatic carbocycles. The van der Waals surface area contributed by atoms with E-state index in [1.807, 2.05) is 0 Å². The Bertz CT molecular complexity index is 427. The molecule has 0 unspecified atom stereocenters. The summed E-state index contributed by atoms with van der Waals surface area (Å²) in [6.07, 6.45) is 0. The van der Waals surface area contributed by atoms with E-state index in [0.29, 0.717) is 0 Å². The second-order valence-electron chi connectivity index (χ2n) is 2.82. The van der Waals surface area contributed by atoms with Gasteiger partial charge in [-0.25, -0.2) is 18.1 Å². The first-order chi connectivity index (χ1) is 6.33. The van der Waals surface area contributed by atoms with Crippen LogP contribution in [-0.4, -0.2) is 19.4 Å². The Morgan fingerprint density at radius 2 is 2.00 bits per heavy atom. The molecule has 0 aliphatic heterocycles. The van der Waals surface area contributed by atoms with Gasteiger partial charge in [0.1, 0.15) is 0 Å². The van der Waals surface area contributed by atoms with E-state index in [0.717, 1.165) is 11.3 Å². The first kappa shape index (κ1) is 12.2. The first-order valence-electron chi connectivity index (χ1n) is 3.67. The van der Waals surface area contributed by atoms with Crippen molar-refractivity contribution in [3.63, 3.8) is 0 Å². The molecule has 0 atom stereocenters. The maximum absolute atomic E-state index is 11.6. The van der Waals surface area contributed by atoms with Gasteiger partial charge >= 0.3 is 0 Å². The fourth-order valence-corrected chi connectivity index (χ4v) is 4.08. The van der Waals surface area contributed by atoms with Crippen LogP contribution in [0, 0.1) is 0 Å². The normalized spacial score (nSPS) is 12.4. The van der Waals surface area contributed by atoms with Crippen LogP contribution >= 0.6 is 34.5 Å². The molecule has 0 radical (unpaired) electrons. The third-order valence-electron chi connectivity index (χ3n) is 1.17. The largest absolute Gasteiger partial charge is 0.253 e. The molecule has 0 bridgehead atoms. The predicted octanol–water partition coefficient (Wildman–Crippen LogP) is 2.14. The molecular weight excluding hydrogens is 267 g/mol. The number of hydrogen-bond acceptors (Lipinski definition) is 4. The smallest absolute Gasteiger partial charge is 0.211 e. The number of nitrogens with one attached hydrogen (secondary N) is 1. The van der Waals surface area contributed by atoms with Crippen molar-refractivity contribution in [2.45, 2.75) is 24.1 Å². The van der Waals surface area contributed by atoms with Gasteiger partial charge in [-0.3, -0.25) is 0 Å². The molecule has 0 saturated heterocycles. The molecule has 14 heavy (non-hydrogen) atoms. The standard InChI is InChI=1S/C6H8Cl2N2O2S2/c1-3(2)10-14(11,12)5-4(7)9-6(8)13-5/h3,10H,1-2H3. The minimum Gasteiger partial charge on any atom is -0.211 e. The Labute approximate surface area is 96.3 Å². The molecule has 80 valence electrons. The lowest BCUT2D eigenvalue weighted by Crippen LogP contribution is -2.29. The molecule has 0 spiro atoms. The van der Waals surface area contributed by atoms with Crippen molar-refractivity contribution in [3.8, 4) is 0 Å². The summed E-state index contributed by atoms with van der Waals surface area (Å²) in [4.78, 5) is 3.61. The topological polar surface area (TPSA) is 59.1 Å². The first-order valence-corrected chi connectivity index (χ1v) is 6.72. The Morgan fingerprint density at radius 3 is 2.36 bits per heavy atom. The number of nitrogens with zero attached hydrogens (tertiary/aromatic N) is 1. The van der Waals surface area contributed by atoms with Gasteiger partial charge in [0.05, 0.1) is 0 Å². The van der Waals surface area contributed by atoms with Gasteiger partial charge in [0.25, 0.3) is 10.0 Å². The number of rotatable bonds is 3.